The number of morpholine rings is 1. The van der Waals surface area contributed by atoms with Crippen molar-refractivity contribution in [3.63, 3.8) is 0 Å². The molecule has 31 heavy (non-hydrogen) atoms. The smallest absolute Gasteiger partial charge is 0.275 e. The zero-order valence-corrected chi connectivity index (χ0v) is 16.9. The molecule has 2 atom stereocenters. The number of anilines is 1. The van der Waals surface area contributed by atoms with Crippen LogP contribution in [0.1, 0.15) is 28.0 Å². The van der Waals surface area contributed by atoms with Crippen LogP contribution in [0.2, 0.25) is 0 Å². The van der Waals surface area contributed by atoms with Crippen molar-refractivity contribution in [2.45, 2.75) is 18.7 Å². The number of nitrogens with zero attached hydrogens (tertiary/aromatic N) is 5. The molecule has 10 nitrogen and oxygen atoms in total. The van der Waals surface area contributed by atoms with Crippen LogP contribution in [0.5, 0.6) is 0 Å². The molecule has 1 aromatic carbocycles. The summed E-state index contributed by atoms with van der Waals surface area (Å²) >= 11 is 0. The number of imidazole rings is 1. The molecule has 1 aliphatic heterocycles. The summed E-state index contributed by atoms with van der Waals surface area (Å²) < 4.78 is 7.60. The summed E-state index contributed by atoms with van der Waals surface area (Å²) in [6.07, 6.45) is 7.30. The van der Waals surface area contributed by atoms with Crippen LogP contribution in [-0.2, 0) is 23.1 Å². The van der Waals surface area contributed by atoms with E-state index in [0.29, 0.717) is 5.69 Å². The molecule has 1 aliphatic rings. The summed E-state index contributed by atoms with van der Waals surface area (Å²) in [6.45, 7) is -0.0670. The maximum atomic E-state index is 12.5. The van der Waals surface area contributed by atoms with Gasteiger partial charge in [0.15, 0.2) is 0 Å². The van der Waals surface area contributed by atoms with Crippen molar-refractivity contribution in [1.82, 2.24) is 24.4 Å². The Balaban J connectivity index is 1.49. The van der Waals surface area contributed by atoms with E-state index >= 15 is 0 Å². The standard InChI is InChI=1S/C21H22N6O4/c1-26-9-8-24-18(26)11-27-17(12-28)20(31-13-19(27)29)14-2-4-15(5-3-14)25-21(30)16-10-22-6-7-23-16/h2-10,17,20,28H,11-13H2,1H3,(H,25,30). The molecule has 1 fully saturated rings. The molecule has 2 amide bonds. The number of benzene rings is 1. The van der Waals surface area contributed by atoms with Gasteiger partial charge in [-0.05, 0) is 17.7 Å². The minimum absolute atomic E-state index is 0.0866. The quantitative estimate of drug-likeness (QED) is 0.606. The van der Waals surface area contributed by atoms with E-state index in [-0.39, 0.29) is 37.3 Å². The molecule has 160 valence electrons. The van der Waals surface area contributed by atoms with Gasteiger partial charge in [-0.15, -0.1) is 0 Å². The van der Waals surface area contributed by atoms with Gasteiger partial charge < -0.3 is 24.6 Å². The first-order valence-corrected chi connectivity index (χ1v) is 9.72. The zero-order chi connectivity index (χ0) is 21.8. The number of hydrogen-bond donors (Lipinski definition) is 2. The fraction of sp³-hybridized carbons (Fsp3) is 0.286. The minimum atomic E-state index is -0.557. The van der Waals surface area contributed by atoms with Crippen LogP contribution in [0.25, 0.3) is 0 Å². The first-order valence-electron chi connectivity index (χ1n) is 9.72. The van der Waals surface area contributed by atoms with Crippen LogP contribution in [0.15, 0.2) is 55.2 Å². The molecule has 3 aromatic rings. The van der Waals surface area contributed by atoms with E-state index in [1.165, 1.54) is 18.6 Å². The molecule has 0 radical (unpaired) electrons. The molecular formula is C21H22N6O4. The molecule has 0 saturated carbocycles. The topological polar surface area (TPSA) is 122 Å². The number of rotatable bonds is 6. The van der Waals surface area contributed by atoms with Crippen molar-refractivity contribution >= 4 is 17.5 Å². The Morgan fingerprint density at radius 3 is 2.68 bits per heavy atom. The zero-order valence-electron chi connectivity index (χ0n) is 16.9. The van der Waals surface area contributed by atoms with Gasteiger partial charge in [0.25, 0.3) is 5.91 Å². The fourth-order valence-electron chi connectivity index (χ4n) is 3.49. The Morgan fingerprint density at radius 2 is 2.03 bits per heavy atom. The number of aliphatic hydroxyl groups excluding tert-OH is 1. The minimum Gasteiger partial charge on any atom is -0.394 e. The highest BCUT2D eigenvalue weighted by Gasteiger charge is 2.37. The van der Waals surface area contributed by atoms with Crippen LogP contribution in [0, 0.1) is 0 Å². The summed E-state index contributed by atoms with van der Waals surface area (Å²) in [5, 5.41) is 12.8. The highest BCUT2D eigenvalue weighted by molar-refractivity contribution is 6.02. The first kappa shape index (κ1) is 20.6. The monoisotopic (exact) mass is 422 g/mol. The molecular weight excluding hydrogens is 400 g/mol. The maximum absolute atomic E-state index is 12.5. The van der Waals surface area contributed by atoms with Crippen molar-refractivity contribution in [3.05, 3.63) is 72.3 Å². The number of nitrogens with one attached hydrogen (secondary N) is 1. The van der Waals surface area contributed by atoms with Crippen molar-refractivity contribution in [2.24, 2.45) is 7.05 Å². The van der Waals surface area contributed by atoms with Gasteiger partial charge in [-0.1, -0.05) is 12.1 Å². The van der Waals surface area contributed by atoms with E-state index in [1.54, 1.807) is 41.6 Å². The maximum Gasteiger partial charge on any atom is 0.275 e. The third-order valence-electron chi connectivity index (χ3n) is 5.17. The Hall–Kier alpha value is -3.63. The second-order valence-electron chi connectivity index (χ2n) is 7.12. The number of carbonyl (C=O) groups excluding carboxylic acids is 2. The van der Waals surface area contributed by atoms with Crippen LogP contribution in [0.3, 0.4) is 0 Å². The highest BCUT2D eigenvalue weighted by atomic mass is 16.5. The fourth-order valence-corrected chi connectivity index (χ4v) is 3.49. The lowest BCUT2D eigenvalue weighted by Crippen LogP contribution is -2.52. The van der Waals surface area contributed by atoms with Crippen molar-refractivity contribution in [3.8, 4) is 0 Å². The number of aromatic nitrogens is 4. The van der Waals surface area contributed by atoms with Crippen LogP contribution >= 0.6 is 0 Å². The summed E-state index contributed by atoms with van der Waals surface area (Å²) in [7, 11) is 1.85. The summed E-state index contributed by atoms with van der Waals surface area (Å²) in [4.78, 5) is 38.4. The third-order valence-corrected chi connectivity index (χ3v) is 5.17. The highest BCUT2D eigenvalue weighted by Crippen LogP contribution is 2.30. The lowest BCUT2D eigenvalue weighted by Gasteiger charge is -2.40. The predicted octanol–water partition coefficient (Wildman–Crippen LogP) is 0.923. The average Bonchev–Trinajstić information content (AvgIpc) is 3.20. The summed E-state index contributed by atoms with van der Waals surface area (Å²) in [5.41, 5.74) is 1.58. The molecule has 3 heterocycles. The number of ether oxygens (including phenoxy) is 1. The van der Waals surface area contributed by atoms with E-state index in [2.05, 4.69) is 20.3 Å². The number of aryl methyl sites for hydroxylation is 1. The Morgan fingerprint density at radius 1 is 1.23 bits per heavy atom. The normalized spacial score (nSPS) is 18.8. The van der Waals surface area contributed by atoms with E-state index < -0.39 is 12.1 Å². The SMILES string of the molecule is Cn1ccnc1CN1C(=O)COC(c2ccc(NC(=O)c3cnccn3)cc2)C1CO. The van der Waals surface area contributed by atoms with Gasteiger partial charge in [0.05, 0.1) is 25.4 Å². The molecule has 0 bridgehead atoms. The molecule has 2 aromatic heterocycles. The Bertz CT molecular complexity index is 1050. The van der Waals surface area contributed by atoms with E-state index in [1.807, 2.05) is 11.6 Å². The Labute approximate surface area is 178 Å². The predicted molar refractivity (Wildman–Crippen MR) is 110 cm³/mol. The molecule has 10 heteroatoms. The largest absolute Gasteiger partial charge is 0.394 e. The van der Waals surface area contributed by atoms with Gasteiger partial charge in [0, 0.05) is 37.5 Å². The molecule has 2 N–H and O–H groups in total. The number of amides is 2. The van der Waals surface area contributed by atoms with Crippen LogP contribution in [0.4, 0.5) is 5.69 Å². The number of hydrogen-bond acceptors (Lipinski definition) is 7. The number of carbonyl (C=O) groups is 2. The van der Waals surface area contributed by atoms with Gasteiger partial charge in [-0.3, -0.25) is 14.6 Å². The second-order valence-corrected chi connectivity index (χ2v) is 7.12. The molecule has 2 unspecified atom stereocenters. The summed E-state index contributed by atoms with van der Waals surface area (Å²) in [6, 6.07) is 6.52. The third kappa shape index (κ3) is 4.44. The number of aliphatic hydroxyl groups is 1. The summed E-state index contributed by atoms with van der Waals surface area (Å²) in [5.74, 6) is 0.149. The first-order chi connectivity index (χ1) is 15.1. The van der Waals surface area contributed by atoms with Gasteiger partial charge >= 0.3 is 0 Å². The van der Waals surface area contributed by atoms with Gasteiger partial charge in [0.2, 0.25) is 5.91 Å². The molecule has 1 saturated heterocycles. The molecule has 0 spiro atoms. The van der Waals surface area contributed by atoms with Gasteiger partial charge in [-0.2, -0.15) is 0 Å². The second kappa shape index (κ2) is 9.02. The van der Waals surface area contributed by atoms with Crippen molar-refractivity contribution in [1.29, 1.82) is 0 Å². The molecule has 0 aliphatic carbocycles. The van der Waals surface area contributed by atoms with Gasteiger partial charge in [0.1, 0.15) is 24.2 Å². The van der Waals surface area contributed by atoms with E-state index in [0.717, 1.165) is 11.4 Å². The van der Waals surface area contributed by atoms with Crippen molar-refractivity contribution in [2.75, 3.05) is 18.5 Å². The molecule has 4 rings (SSSR count). The van der Waals surface area contributed by atoms with Gasteiger partial charge in [-0.25, -0.2) is 9.97 Å². The van der Waals surface area contributed by atoms with E-state index in [9.17, 15) is 14.7 Å². The Kier molecular flexibility index (Phi) is 6.01. The van der Waals surface area contributed by atoms with Crippen LogP contribution < -0.4 is 5.32 Å². The average molecular weight is 422 g/mol. The lowest BCUT2D eigenvalue weighted by molar-refractivity contribution is -0.162. The lowest BCUT2D eigenvalue weighted by atomic mass is 9.99. The van der Waals surface area contributed by atoms with E-state index in [4.69, 9.17) is 4.74 Å². The van der Waals surface area contributed by atoms with Crippen LogP contribution in [-0.4, -0.2) is 60.6 Å². The van der Waals surface area contributed by atoms with Crippen molar-refractivity contribution < 1.29 is 19.4 Å².